The molecular weight excluding hydrogens is 368 g/mol. The fraction of sp³-hybridized carbons (Fsp3) is 0.435. The highest BCUT2D eigenvalue weighted by molar-refractivity contribution is 7.98. The van der Waals surface area contributed by atoms with Gasteiger partial charge in [0.2, 0.25) is 5.91 Å². The topological polar surface area (TPSA) is 50.4 Å². The third kappa shape index (κ3) is 5.09. The lowest BCUT2D eigenvalue weighted by molar-refractivity contribution is -0.126. The quantitative estimate of drug-likeness (QED) is 0.675. The normalized spacial score (nSPS) is 19.2. The van der Waals surface area contributed by atoms with Crippen molar-refractivity contribution in [3.8, 4) is 16.9 Å². The molecule has 1 aliphatic rings. The molecule has 3 rings (SSSR count). The molecule has 4 nitrogen and oxygen atoms in total. The number of carbonyl (C=O) groups is 1. The van der Waals surface area contributed by atoms with E-state index in [-0.39, 0.29) is 11.8 Å². The van der Waals surface area contributed by atoms with Crippen LogP contribution in [0.25, 0.3) is 11.1 Å². The van der Waals surface area contributed by atoms with Crippen LogP contribution in [0, 0.1) is 5.92 Å². The molecule has 1 saturated carbocycles. The van der Waals surface area contributed by atoms with Crippen LogP contribution in [-0.4, -0.2) is 32.4 Å². The maximum absolute atomic E-state index is 12.6. The van der Waals surface area contributed by atoms with Crippen LogP contribution in [0.5, 0.6) is 5.75 Å². The molecule has 0 bridgehead atoms. The van der Waals surface area contributed by atoms with E-state index < -0.39 is 0 Å². The molecule has 1 amide bonds. The summed E-state index contributed by atoms with van der Waals surface area (Å²) >= 11 is 1.74. The zero-order valence-corrected chi connectivity index (χ0v) is 17.8. The van der Waals surface area contributed by atoms with E-state index in [1.165, 1.54) is 10.5 Å². The molecule has 2 aromatic rings. The third-order valence-corrected chi connectivity index (χ3v) is 6.41. The Morgan fingerprint density at radius 2 is 1.75 bits per heavy atom. The lowest BCUT2D eigenvalue weighted by Crippen LogP contribution is -2.37. The first-order chi connectivity index (χ1) is 13.6. The molecule has 1 aliphatic carbocycles. The molecule has 0 saturated heterocycles. The molecule has 5 heteroatoms. The van der Waals surface area contributed by atoms with Gasteiger partial charge in [-0.15, -0.1) is 11.8 Å². The number of amides is 1. The molecular formula is C23H30N2O2S. The number of thioether (sulfide) groups is 1. The molecule has 2 aromatic carbocycles. The zero-order chi connectivity index (χ0) is 19.9. The monoisotopic (exact) mass is 398 g/mol. The Morgan fingerprint density at radius 1 is 1.07 bits per heavy atom. The van der Waals surface area contributed by atoms with E-state index in [2.05, 4.69) is 53.3 Å². The third-order valence-electron chi connectivity index (χ3n) is 5.66. The van der Waals surface area contributed by atoms with Crippen molar-refractivity contribution in [2.45, 2.75) is 43.2 Å². The van der Waals surface area contributed by atoms with E-state index in [0.29, 0.717) is 12.6 Å². The number of rotatable bonds is 7. The lowest BCUT2D eigenvalue weighted by Gasteiger charge is -2.27. The Hall–Kier alpha value is -1.98. The van der Waals surface area contributed by atoms with Gasteiger partial charge in [0, 0.05) is 29.0 Å². The first kappa shape index (κ1) is 20.7. The van der Waals surface area contributed by atoms with Gasteiger partial charge in [-0.25, -0.2) is 0 Å². The number of ether oxygens (including phenoxy) is 1. The van der Waals surface area contributed by atoms with Gasteiger partial charge in [-0.3, -0.25) is 4.79 Å². The van der Waals surface area contributed by atoms with Crippen LogP contribution in [-0.2, 0) is 11.3 Å². The first-order valence-corrected chi connectivity index (χ1v) is 11.1. The van der Waals surface area contributed by atoms with E-state index >= 15 is 0 Å². The van der Waals surface area contributed by atoms with E-state index in [4.69, 9.17) is 4.74 Å². The minimum atomic E-state index is 0.123. The summed E-state index contributed by atoms with van der Waals surface area (Å²) in [6.07, 6.45) is 6.12. The van der Waals surface area contributed by atoms with Gasteiger partial charge in [0.15, 0.2) is 0 Å². The van der Waals surface area contributed by atoms with Crippen molar-refractivity contribution < 1.29 is 9.53 Å². The van der Waals surface area contributed by atoms with Crippen LogP contribution in [0.2, 0.25) is 0 Å². The maximum atomic E-state index is 12.6. The summed E-state index contributed by atoms with van der Waals surface area (Å²) in [5, 5.41) is 6.45. The van der Waals surface area contributed by atoms with Crippen LogP contribution in [0.4, 0.5) is 0 Å². The van der Waals surface area contributed by atoms with Gasteiger partial charge in [-0.2, -0.15) is 0 Å². The average molecular weight is 399 g/mol. The highest BCUT2D eigenvalue weighted by atomic mass is 32.2. The molecule has 28 heavy (non-hydrogen) atoms. The van der Waals surface area contributed by atoms with E-state index in [9.17, 15) is 4.79 Å². The predicted molar refractivity (Wildman–Crippen MR) is 117 cm³/mol. The second-order valence-electron chi connectivity index (χ2n) is 7.31. The second kappa shape index (κ2) is 9.99. The molecule has 0 aliphatic heterocycles. The van der Waals surface area contributed by atoms with Crippen LogP contribution >= 0.6 is 11.8 Å². The summed E-state index contributed by atoms with van der Waals surface area (Å²) in [5.74, 6) is 1.09. The number of nitrogens with one attached hydrogen (secondary N) is 2. The Labute approximate surface area is 172 Å². The fourth-order valence-electron chi connectivity index (χ4n) is 3.85. The van der Waals surface area contributed by atoms with Crippen molar-refractivity contribution in [3.63, 3.8) is 0 Å². The molecule has 150 valence electrons. The Bertz CT molecular complexity index is 784. The molecule has 0 heterocycles. The minimum absolute atomic E-state index is 0.123. The van der Waals surface area contributed by atoms with Gasteiger partial charge in [0.25, 0.3) is 0 Å². The standard InChI is InChI=1S/C23H30N2O2S/c1-24-20-9-4-17(5-10-20)23(26)25-15-19-14-18(8-13-22(19)27-2)16-6-11-21(28-3)12-7-16/h6-8,11-14,17,20,24H,4-5,9-10,15H2,1-3H3,(H,25,26). The number of hydrogen-bond donors (Lipinski definition) is 2. The molecule has 1 fully saturated rings. The van der Waals surface area contributed by atoms with Crippen LogP contribution in [0.1, 0.15) is 31.2 Å². The first-order valence-electron chi connectivity index (χ1n) is 9.91. The van der Waals surface area contributed by atoms with Crippen molar-refractivity contribution in [3.05, 3.63) is 48.0 Å². The van der Waals surface area contributed by atoms with E-state index in [0.717, 1.165) is 42.6 Å². The molecule has 0 unspecified atom stereocenters. The molecule has 0 radical (unpaired) electrons. The van der Waals surface area contributed by atoms with Crippen LogP contribution < -0.4 is 15.4 Å². The fourth-order valence-corrected chi connectivity index (χ4v) is 4.26. The van der Waals surface area contributed by atoms with Crippen molar-refractivity contribution in [2.75, 3.05) is 20.4 Å². The smallest absolute Gasteiger partial charge is 0.223 e. The number of carbonyl (C=O) groups excluding carboxylic acids is 1. The highest BCUT2D eigenvalue weighted by Gasteiger charge is 2.25. The van der Waals surface area contributed by atoms with Gasteiger partial charge in [0.05, 0.1) is 7.11 Å². The Balaban J connectivity index is 1.67. The number of hydrogen-bond acceptors (Lipinski definition) is 4. The second-order valence-corrected chi connectivity index (χ2v) is 8.19. The van der Waals surface area contributed by atoms with Gasteiger partial charge in [-0.05, 0) is 74.4 Å². The summed E-state index contributed by atoms with van der Waals surface area (Å²) in [7, 11) is 3.67. The summed E-state index contributed by atoms with van der Waals surface area (Å²) in [4.78, 5) is 13.9. The lowest BCUT2D eigenvalue weighted by atomic mass is 9.85. The van der Waals surface area contributed by atoms with E-state index in [1.807, 2.05) is 13.1 Å². The number of methoxy groups -OCH3 is 1. The van der Waals surface area contributed by atoms with Gasteiger partial charge < -0.3 is 15.4 Å². The van der Waals surface area contributed by atoms with Gasteiger partial charge >= 0.3 is 0 Å². The number of benzene rings is 2. The van der Waals surface area contributed by atoms with Crippen molar-refractivity contribution in [1.29, 1.82) is 0 Å². The Morgan fingerprint density at radius 3 is 2.36 bits per heavy atom. The SMILES string of the molecule is CNC1CCC(C(=O)NCc2cc(-c3ccc(SC)cc3)ccc2OC)CC1. The predicted octanol–water partition coefficient (Wildman–Crippen LogP) is 4.48. The summed E-state index contributed by atoms with van der Waals surface area (Å²) in [6, 6.07) is 15.3. The van der Waals surface area contributed by atoms with Crippen LogP contribution in [0.15, 0.2) is 47.4 Å². The van der Waals surface area contributed by atoms with Gasteiger partial charge in [0.1, 0.15) is 5.75 Å². The minimum Gasteiger partial charge on any atom is -0.496 e. The van der Waals surface area contributed by atoms with Crippen molar-refractivity contribution in [2.24, 2.45) is 5.92 Å². The molecule has 0 spiro atoms. The highest BCUT2D eigenvalue weighted by Crippen LogP contribution is 2.29. The van der Waals surface area contributed by atoms with Crippen molar-refractivity contribution in [1.82, 2.24) is 10.6 Å². The average Bonchev–Trinajstić information content (AvgIpc) is 2.77. The zero-order valence-electron chi connectivity index (χ0n) is 17.0. The van der Waals surface area contributed by atoms with Crippen molar-refractivity contribution >= 4 is 17.7 Å². The van der Waals surface area contributed by atoms with Gasteiger partial charge in [-0.1, -0.05) is 18.2 Å². The summed E-state index contributed by atoms with van der Waals surface area (Å²) in [6.45, 7) is 0.491. The van der Waals surface area contributed by atoms with Crippen LogP contribution in [0.3, 0.4) is 0 Å². The maximum Gasteiger partial charge on any atom is 0.223 e. The Kier molecular flexibility index (Phi) is 7.40. The van der Waals surface area contributed by atoms with E-state index in [1.54, 1.807) is 18.9 Å². The largest absolute Gasteiger partial charge is 0.496 e. The molecule has 0 atom stereocenters. The summed E-state index contributed by atoms with van der Waals surface area (Å²) < 4.78 is 5.52. The molecule has 0 aromatic heterocycles. The summed E-state index contributed by atoms with van der Waals surface area (Å²) in [5.41, 5.74) is 3.30. The molecule has 2 N–H and O–H groups in total.